The first-order valence-electron chi connectivity index (χ1n) is 7.03. The summed E-state index contributed by atoms with van der Waals surface area (Å²) in [7, 11) is -4.47. The molecule has 0 bridgehead atoms. The summed E-state index contributed by atoms with van der Waals surface area (Å²) < 4.78 is 37.9. The molecule has 2 aromatic rings. The molecule has 0 N–H and O–H groups in total. The SMILES string of the molecule is O=S(=O)(CC1=NN=C[SH]1Cc1ccc(Cl)cc1)c1ccc(F)cc1. The number of halogens is 2. The largest absolute Gasteiger partial charge is 0.223 e. The Morgan fingerprint density at radius 1 is 1.04 bits per heavy atom. The van der Waals surface area contributed by atoms with E-state index < -0.39 is 26.5 Å². The van der Waals surface area contributed by atoms with Gasteiger partial charge in [0.15, 0.2) is 9.84 Å². The maximum atomic E-state index is 13.0. The van der Waals surface area contributed by atoms with E-state index in [4.69, 9.17) is 11.6 Å². The van der Waals surface area contributed by atoms with Crippen LogP contribution in [-0.4, -0.2) is 24.8 Å². The molecule has 0 spiro atoms. The van der Waals surface area contributed by atoms with Crippen LogP contribution in [0.2, 0.25) is 5.02 Å². The van der Waals surface area contributed by atoms with Gasteiger partial charge in [-0.05, 0) is 42.0 Å². The lowest BCUT2D eigenvalue weighted by Crippen LogP contribution is -2.16. The van der Waals surface area contributed by atoms with E-state index in [1.165, 1.54) is 12.1 Å². The Labute approximate surface area is 147 Å². The fourth-order valence-corrected chi connectivity index (χ4v) is 5.96. The highest BCUT2D eigenvalue weighted by atomic mass is 35.5. The van der Waals surface area contributed by atoms with E-state index in [1.807, 2.05) is 12.1 Å². The highest BCUT2D eigenvalue weighted by Gasteiger charge is 2.24. The van der Waals surface area contributed by atoms with Crippen LogP contribution in [0.15, 0.2) is 63.6 Å². The van der Waals surface area contributed by atoms with Gasteiger partial charge in [0.25, 0.3) is 0 Å². The first kappa shape index (κ1) is 17.1. The zero-order valence-corrected chi connectivity index (χ0v) is 14.9. The molecular formula is C16H14ClFN2O2S2. The summed E-state index contributed by atoms with van der Waals surface area (Å²) in [6.45, 7) is 0. The molecule has 0 amide bonds. The zero-order chi connectivity index (χ0) is 17.2. The first-order valence-corrected chi connectivity index (χ1v) is 10.7. The van der Waals surface area contributed by atoms with Crippen molar-refractivity contribution in [2.75, 3.05) is 5.75 Å². The molecule has 3 rings (SSSR count). The predicted molar refractivity (Wildman–Crippen MR) is 98.5 cm³/mol. The molecule has 0 fully saturated rings. The molecule has 1 aliphatic heterocycles. The summed E-state index contributed by atoms with van der Waals surface area (Å²) in [6, 6.07) is 12.2. The molecule has 0 radical (unpaired) electrons. The minimum Gasteiger partial charge on any atom is -0.223 e. The van der Waals surface area contributed by atoms with E-state index in [2.05, 4.69) is 10.2 Å². The Bertz CT molecular complexity index is 895. The van der Waals surface area contributed by atoms with Gasteiger partial charge in [-0.15, -0.1) is 5.10 Å². The summed E-state index contributed by atoms with van der Waals surface area (Å²) >= 11 is 5.87. The van der Waals surface area contributed by atoms with Gasteiger partial charge in [-0.3, -0.25) is 0 Å². The van der Waals surface area contributed by atoms with Crippen molar-refractivity contribution in [3.05, 3.63) is 64.9 Å². The molecule has 1 heterocycles. The monoisotopic (exact) mass is 384 g/mol. The topological polar surface area (TPSA) is 58.9 Å². The van der Waals surface area contributed by atoms with Crippen LogP contribution in [0.3, 0.4) is 0 Å². The van der Waals surface area contributed by atoms with Crippen molar-refractivity contribution in [2.45, 2.75) is 10.6 Å². The van der Waals surface area contributed by atoms with Crippen LogP contribution in [0.25, 0.3) is 0 Å². The first-order chi connectivity index (χ1) is 11.4. The average molecular weight is 385 g/mol. The summed E-state index contributed by atoms with van der Waals surface area (Å²) in [6.07, 6.45) is 0. The Morgan fingerprint density at radius 3 is 2.38 bits per heavy atom. The van der Waals surface area contributed by atoms with Gasteiger partial charge in [-0.25, -0.2) is 12.8 Å². The maximum Gasteiger partial charge on any atom is 0.184 e. The lowest BCUT2D eigenvalue weighted by Gasteiger charge is -2.15. The lowest BCUT2D eigenvalue weighted by atomic mass is 10.2. The van der Waals surface area contributed by atoms with Crippen molar-refractivity contribution >= 4 is 42.9 Å². The summed E-state index contributed by atoms with van der Waals surface area (Å²) in [5.74, 6) is -0.0217. The van der Waals surface area contributed by atoms with Crippen LogP contribution in [0.4, 0.5) is 4.39 Å². The van der Waals surface area contributed by atoms with Crippen LogP contribution in [0, 0.1) is 5.82 Å². The second-order valence-electron chi connectivity index (χ2n) is 5.21. The van der Waals surface area contributed by atoms with Gasteiger partial charge in [0.1, 0.15) is 11.6 Å². The number of nitrogens with zero attached hydrogens (tertiary/aromatic N) is 2. The molecule has 1 aliphatic rings. The molecule has 8 heteroatoms. The molecule has 0 saturated heterocycles. The van der Waals surface area contributed by atoms with E-state index in [9.17, 15) is 12.8 Å². The molecular weight excluding hydrogens is 371 g/mol. The molecule has 0 aliphatic carbocycles. The Morgan fingerprint density at radius 2 is 1.71 bits per heavy atom. The van der Waals surface area contributed by atoms with Crippen LogP contribution in [0.5, 0.6) is 0 Å². The molecule has 4 nitrogen and oxygen atoms in total. The zero-order valence-electron chi connectivity index (χ0n) is 12.4. The molecule has 0 aromatic heterocycles. The van der Waals surface area contributed by atoms with Crippen molar-refractivity contribution < 1.29 is 12.8 Å². The third-order valence-electron chi connectivity index (χ3n) is 3.45. The quantitative estimate of drug-likeness (QED) is 0.629. The molecule has 2 aromatic carbocycles. The Balaban J connectivity index is 1.74. The second-order valence-corrected chi connectivity index (χ2v) is 9.64. The smallest absolute Gasteiger partial charge is 0.184 e. The molecule has 1 unspecified atom stereocenters. The van der Waals surface area contributed by atoms with E-state index in [-0.39, 0.29) is 10.6 Å². The van der Waals surface area contributed by atoms with Gasteiger partial charge in [0.05, 0.1) is 15.5 Å². The maximum absolute atomic E-state index is 13.0. The van der Waals surface area contributed by atoms with E-state index >= 15 is 0 Å². The van der Waals surface area contributed by atoms with E-state index in [1.54, 1.807) is 17.7 Å². The van der Waals surface area contributed by atoms with Crippen molar-refractivity contribution in [2.24, 2.45) is 10.2 Å². The predicted octanol–water partition coefficient (Wildman–Crippen LogP) is 3.81. The average Bonchev–Trinajstić information content (AvgIpc) is 2.96. The van der Waals surface area contributed by atoms with Crippen LogP contribution in [-0.2, 0) is 15.6 Å². The highest BCUT2D eigenvalue weighted by molar-refractivity contribution is 8.40. The molecule has 24 heavy (non-hydrogen) atoms. The number of benzene rings is 2. The fraction of sp³-hybridized carbons (Fsp3) is 0.125. The van der Waals surface area contributed by atoms with Crippen LogP contribution in [0.1, 0.15) is 5.56 Å². The number of sulfone groups is 1. The van der Waals surface area contributed by atoms with Gasteiger partial charge in [0.2, 0.25) is 0 Å². The standard InChI is InChI=1S/C16H14ClFN2O2S2/c17-13-3-1-12(2-4-13)9-23-11-19-20-16(23)10-24(21,22)15-7-5-14(18)6-8-15/h1-8,11,23H,9-10H2. The van der Waals surface area contributed by atoms with Gasteiger partial charge in [-0.2, -0.15) is 16.0 Å². The van der Waals surface area contributed by atoms with Crippen molar-refractivity contribution in [1.29, 1.82) is 0 Å². The van der Waals surface area contributed by atoms with Crippen molar-refractivity contribution in [1.82, 2.24) is 0 Å². The summed E-state index contributed by atoms with van der Waals surface area (Å²) in [4.78, 5) is 0.0833. The van der Waals surface area contributed by atoms with Crippen molar-refractivity contribution in [3.63, 3.8) is 0 Å². The normalized spacial score (nSPS) is 18.6. The lowest BCUT2D eigenvalue weighted by molar-refractivity contribution is 0.598. The molecule has 126 valence electrons. The van der Waals surface area contributed by atoms with Crippen LogP contribution < -0.4 is 0 Å². The number of hydrogen-bond donors (Lipinski definition) is 1. The third kappa shape index (κ3) is 4.03. The third-order valence-corrected chi connectivity index (χ3v) is 7.56. The summed E-state index contributed by atoms with van der Waals surface area (Å²) in [5, 5.41) is 9.09. The van der Waals surface area contributed by atoms with Crippen molar-refractivity contribution in [3.8, 4) is 0 Å². The van der Waals surface area contributed by atoms with Gasteiger partial charge in [-0.1, -0.05) is 23.7 Å². The fourth-order valence-electron chi connectivity index (χ4n) is 2.20. The molecule has 0 saturated carbocycles. The summed E-state index contributed by atoms with van der Waals surface area (Å²) in [5.41, 5.74) is 2.75. The number of rotatable bonds is 5. The van der Waals surface area contributed by atoms with Crippen LogP contribution >= 0.6 is 22.5 Å². The van der Waals surface area contributed by atoms with E-state index in [0.29, 0.717) is 15.8 Å². The second kappa shape index (κ2) is 7.04. The van der Waals surface area contributed by atoms with Gasteiger partial charge < -0.3 is 0 Å². The number of hydrogen-bond acceptors (Lipinski definition) is 4. The number of thiol groups is 1. The molecule has 1 atom stereocenters. The Hall–Kier alpha value is -1.70. The minimum absolute atomic E-state index is 0.0833. The highest BCUT2D eigenvalue weighted by Crippen LogP contribution is 2.34. The minimum atomic E-state index is -3.57. The van der Waals surface area contributed by atoms with Gasteiger partial charge >= 0.3 is 0 Å². The Kier molecular flexibility index (Phi) is 5.03. The van der Waals surface area contributed by atoms with Gasteiger partial charge in [0, 0.05) is 10.8 Å². The van der Waals surface area contributed by atoms with E-state index in [0.717, 1.165) is 17.7 Å².